The summed E-state index contributed by atoms with van der Waals surface area (Å²) in [5.41, 5.74) is 2.24. The molecule has 2 aromatic carbocycles. The molecule has 0 N–H and O–H groups in total. The Kier molecular flexibility index (Phi) is 7.07. The van der Waals surface area contributed by atoms with E-state index in [4.69, 9.17) is 25.5 Å². The Morgan fingerprint density at radius 3 is 2.39 bits per heavy atom. The topological polar surface area (TPSA) is 51.9 Å². The number of piperidine rings is 1. The van der Waals surface area contributed by atoms with Gasteiger partial charge in [0.2, 0.25) is 5.76 Å². The number of benzene rings is 2. The van der Waals surface area contributed by atoms with E-state index in [1.165, 1.54) is 7.11 Å². The minimum Gasteiger partial charge on any atom is -0.463 e. The van der Waals surface area contributed by atoms with Gasteiger partial charge in [-0.05, 0) is 48.2 Å². The average molecular weight is 440 g/mol. The Morgan fingerprint density at radius 2 is 1.71 bits per heavy atom. The van der Waals surface area contributed by atoms with Gasteiger partial charge in [-0.25, -0.2) is 4.79 Å². The number of ether oxygens (including phenoxy) is 2. The van der Waals surface area contributed by atoms with Crippen LogP contribution in [0, 0.1) is 0 Å². The lowest BCUT2D eigenvalue weighted by Crippen LogP contribution is -2.37. The lowest BCUT2D eigenvalue weighted by molar-refractivity contribution is -0.0289. The summed E-state index contributed by atoms with van der Waals surface area (Å²) < 4.78 is 16.9. The predicted molar refractivity (Wildman–Crippen MR) is 119 cm³/mol. The molecule has 0 spiro atoms. The van der Waals surface area contributed by atoms with E-state index in [1.54, 1.807) is 6.07 Å². The third kappa shape index (κ3) is 5.56. The smallest absolute Gasteiger partial charge is 0.373 e. The van der Waals surface area contributed by atoms with Crippen molar-refractivity contribution in [1.82, 2.24) is 4.90 Å². The van der Waals surface area contributed by atoms with Gasteiger partial charge >= 0.3 is 5.97 Å². The molecule has 3 aromatic rings. The number of rotatable bonds is 7. The van der Waals surface area contributed by atoms with E-state index in [2.05, 4.69) is 17.0 Å². The number of furan rings is 1. The molecule has 1 atom stereocenters. The highest BCUT2D eigenvalue weighted by molar-refractivity contribution is 6.30. The first-order valence-electron chi connectivity index (χ1n) is 10.5. The zero-order valence-electron chi connectivity index (χ0n) is 17.5. The fraction of sp³-hybridized carbons (Fsp3) is 0.320. The third-order valence-electron chi connectivity index (χ3n) is 5.57. The van der Waals surface area contributed by atoms with E-state index in [-0.39, 0.29) is 18.0 Å². The molecular weight excluding hydrogens is 414 g/mol. The summed E-state index contributed by atoms with van der Waals surface area (Å²) in [5, 5.41) is 0.720. The molecule has 162 valence electrons. The second-order valence-corrected chi connectivity index (χ2v) is 8.15. The van der Waals surface area contributed by atoms with Crippen LogP contribution in [0.25, 0.3) is 0 Å². The maximum Gasteiger partial charge on any atom is 0.373 e. The van der Waals surface area contributed by atoms with Crippen LogP contribution >= 0.6 is 11.6 Å². The quantitative estimate of drug-likeness (QED) is 0.455. The molecular formula is C25H26ClNO4. The van der Waals surface area contributed by atoms with Gasteiger partial charge in [0.15, 0.2) is 0 Å². The van der Waals surface area contributed by atoms with E-state index in [1.807, 2.05) is 48.5 Å². The van der Waals surface area contributed by atoms with Crippen LogP contribution in [0.1, 0.15) is 46.4 Å². The molecule has 6 heteroatoms. The second kappa shape index (κ2) is 10.1. The number of methoxy groups -OCH3 is 1. The molecule has 0 aliphatic carbocycles. The number of esters is 1. The van der Waals surface area contributed by atoms with Gasteiger partial charge in [0.1, 0.15) is 11.9 Å². The molecule has 0 radical (unpaired) electrons. The van der Waals surface area contributed by atoms with Crippen LogP contribution in [0.15, 0.2) is 71.1 Å². The summed E-state index contributed by atoms with van der Waals surface area (Å²) in [6, 6.07) is 21.7. The van der Waals surface area contributed by atoms with Crippen LogP contribution in [-0.4, -0.2) is 37.2 Å². The number of likely N-dealkylation sites (tertiary alicyclic amines) is 1. The first kappa shape index (κ1) is 21.6. The Balaban J connectivity index is 1.37. The largest absolute Gasteiger partial charge is 0.463 e. The summed E-state index contributed by atoms with van der Waals surface area (Å²) >= 11 is 6.08. The molecule has 0 amide bonds. The fourth-order valence-corrected chi connectivity index (χ4v) is 4.03. The molecule has 1 aromatic heterocycles. The van der Waals surface area contributed by atoms with Gasteiger partial charge in [0.05, 0.1) is 19.8 Å². The molecule has 1 unspecified atom stereocenters. The second-order valence-electron chi connectivity index (χ2n) is 7.71. The number of carbonyl (C=O) groups is 1. The monoisotopic (exact) mass is 439 g/mol. The number of nitrogens with zero attached hydrogens (tertiary/aromatic N) is 1. The number of hydrogen-bond donors (Lipinski definition) is 0. The van der Waals surface area contributed by atoms with Gasteiger partial charge in [0, 0.05) is 18.1 Å². The normalized spacial score (nSPS) is 16.2. The molecule has 1 fully saturated rings. The average Bonchev–Trinajstić information content (AvgIpc) is 3.28. The summed E-state index contributed by atoms with van der Waals surface area (Å²) in [7, 11) is 1.35. The minimum absolute atomic E-state index is 0.122. The molecule has 2 heterocycles. The van der Waals surface area contributed by atoms with Crippen LogP contribution < -0.4 is 0 Å². The lowest BCUT2D eigenvalue weighted by atomic mass is 10.00. The lowest BCUT2D eigenvalue weighted by Gasteiger charge is -2.33. The highest BCUT2D eigenvalue weighted by Crippen LogP contribution is 2.31. The Bertz CT molecular complexity index is 978. The molecule has 1 saturated heterocycles. The third-order valence-corrected chi connectivity index (χ3v) is 5.82. The molecule has 1 aliphatic heterocycles. The van der Waals surface area contributed by atoms with E-state index >= 15 is 0 Å². The van der Waals surface area contributed by atoms with E-state index < -0.39 is 5.97 Å². The number of hydrogen-bond acceptors (Lipinski definition) is 5. The molecule has 1 aliphatic rings. The van der Waals surface area contributed by atoms with Crippen LogP contribution in [0.4, 0.5) is 0 Å². The van der Waals surface area contributed by atoms with Gasteiger partial charge in [-0.3, -0.25) is 4.90 Å². The highest BCUT2D eigenvalue weighted by atomic mass is 35.5. The maximum absolute atomic E-state index is 11.6. The first-order chi connectivity index (χ1) is 15.1. The summed E-state index contributed by atoms with van der Waals surface area (Å²) in [5.74, 6) is 0.556. The SMILES string of the molecule is COC(=O)c1ccc(CN2CCC(OC(c3ccccc3)c3ccc(Cl)cc3)CC2)o1. The van der Waals surface area contributed by atoms with Crippen LogP contribution in [0.2, 0.25) is 5.02 Å². The van der Waals surface area contributed by atoms with Crippen molar-refractivity contribution in [3.05, 3.63) is 94.4 Å². The molecule has 0 saturated carbocycles. The van der Waals surface area contributed by atoms with Crippen molar-refractivity contribution < 1.29 is 18.7 Å². The summed E-state index contributed by atoms with van der Waals surface area (Å²) in [4.78, 5) is 13.9. The highest BCUT2D eigenvalue weighted by Gasteiger charge is 2.25. The van der Waals surface area contributed by atoms with E-state index in [0.29, 0.717) is 6.54 Å². The van der Waals surface area contributed by atoms with Crippen molar-refractivity contribution in [2.24, 2.45) is 0 Å². The van der Waals surface area contributed by atoms with Crippen LogP contribution in [0.3, 0.4) is 0 Å². The van der Waals surface area contributed by atoms with E-state index in [0.717, 1.165) is 47.8 Å². The fourth-order valence-electron chi connectivity index (χ4n) is 3.90. The van der Waals surface area contributed by atoms with Crippen LogP contribution in [-0.2, 0) is 16.0 Å². The molecule has 0 bridgehead atoms. The zero-order valence-corrected chi connectivity index (χ0v) is 18.3. The summed E-state index contributed by atoms with van der Waals surface area (Å²) in [6.45, 7) is 2.48. The molecule has 5 nitrogen and oxygen atoms in total. The molecule has 4 rings (SSSR count). The Labute approximate surface area is 187 Å². The van der Waals surface area contributed by atoms with Crippen molar-refractivity contribution in [2.45, 2.75) is 31.6 Å². The van der Waals surface area contributed by atoms with Crippen molar-refractivity contribution in [3.8, 4) is 0 Å². The van der Waals surface area contributed by atoms with Gasteiger partial charge in [-0.2, -0.15) is 0 Å². The van der Waals surface area contributed by atoms with Crippen molar-refractivity contribution in [3.63, 3.8) is 0 Å². The van der Waals surface area contributed by atoms with Crippen molar-refractivity contribution >= 4 is 17.6 Å². The van der Waals surface area contributed by atoms with Crippen molar-refractivity contribution in [1.29, 1.82) is 0 Å². The summed E-state index contributed by atoms with van der Waals surface area (Å²) in [6.07, 6.45) is 1.91. The number of carbonyl (C=O) groups excluding carboxylic acids is 1. The van der Waals surface area contributed by atoms with Gasteiger partial charge in [-0.1, -0.05) is 54.1 Å². The van der Waals surface area contributed by atoms with Crippen LogP contribution in [0.5, 0.6) is 0 Å². The van der Waals surface area contributed by atoms with E-state index in [9.17, 15) is 4.79 Å². The van der Waals surface area contributed by atoms with Gasteiger partial charge in [0.25, 0.3) is 0 Å². The Morgan fingerprint density at radius 1 is 1.03 bits per heavy atom. The number of halogens is 1. The minimum atomic E-state index is -0.451. The standard InChI is InChI=1S/C25H26ClNO4/c1-29-25(28)23-12-11-22(30-23)17-27-15-13-21(14-16-27)31-24(18-5-3-2-4-6-18)19-7-9-20(26)10-8-19/h2-12,21,24H,13-17H2,1H3. The van der Waals surface area contributed by atoms with Crippen molar-refractivity contribution in [2.75, 3.05) is 20.2 Å². The maximum atomic E-state index is 11.6. The molecule has 31 heavy (non-hydrogen) atoms. The zero-order chi connectivity index (χ0) is 21.6. The van der Waals surface area contributed by atoms with Gasteiger partial charge < -0.3 is 13.9 Å². The Hall–Kier alpha value is -2.60. The predicted octanol–water partition coefficient (Wildman–Crippen LogP) is 5.49. The first-order valence-corrected chi connectivity index (χ1v) is 10.9. The van der Waals surface area contributed by atoms with Gasteiger partial charge in [-0.15, -0.1) is 0 Å².